The smallest absolute Gasteiger partial charge is 0.193 e. The summed E-state index contributed by atoms with van der Waals surface area (Å²) in [5.74, 6) is 1.25. The zero-order valence-electron chi connectivity index (χ0n) is 13.0. The Morgan fingerprint density at radius 1 is 1.23 bits per heavy atom. The minimum atomic E-state index is -2.81. The Balaban J connectivity index is 0.00000242. The third-order valence-electron chi connectivity index (χ3n) is 3.69. The highest BCUT2D eigenvalue weighted by molar-refractivity contribution is 14.0. The first-order valence-electron chi connectivity index (χ1n) is 7.20. The van der Waals surface area contributed by atoms with E-state index in [1.165, 1.54) is 11.1 Å². The standard InChI is InChI=1S/C15H23N3O2S.HI/c1-11-7-12(2)9-14(8-11)18-15(16)17-10-13-3-5-21(19,20)6-4-13;/h7-9,13H,3-6,10H2,1-2H3,(H3,16,17,18);1H. The van der Waals surface area contributed by atoms with E-state index in [-0.39, 0.29) is 35.5 Å². The van der Waals surface area contributed by atoms with Crippen LogP contribution in [0.25, 0.3) is 0 Å². The Morgan fingerprint density at radius 3 is 2.32 bits per heavy atom. The fourth-order valence-corrected chi connectivity index (χ4v) is 4.17. The van der Waals surface area contributed by atoms with Gasteiger partial charge in [0.2, 0.25) is 0 Å². The maximum Gasteiger partial charge on any atom is 0.193 e. The Hall–Kier alpha value is -0.830. The summed E-state index contributed by atoms with van der Waals surface area (Å²) in [4.78, 5) is 4.34. The molecule has 1 saturated heterocycles. The lowest BCUT2D eigenvalue weighted by atomic mass is 10.0. The van der Waals surface area contributed by atoms with Gasteiger partial charge in [-0.15, -0.1) is 24.0 Å². The molecule has 124 valence electrons. The second-order valence-corrected chi connectivity index (χ2v) is 8.13. The van der Waals surface area contributed by atoms with Crippen LogP contribution in [0.1, 0.15) is 24.0 Å². The lowest BCUT2D eigenvalue weighted by Gasteiger charge is -2.20. The zero-order chi connectivity index (χ0) is 15.5. The molecule has 22 heavy (non-hydrogen) atoms. The fraction of sp³-hybridized carbons (Fsp3) is 0.533. The first-order chi connectivity index (χ1) is 9.84. The summed E-state index contributed by atoms with van der Waals surface area (Å²) in [6, 6.07) is 6.13. The highest BCUT2D eigenvalue weighted by atomic mass is 127. The van der Waals surface area contributed by atoms with Crippen LogP contribution in [0.15, 0.2) is 23.2 Å². The average molecular weight is 437 g/mol. The molecule has 0 unspecified atom stereocenters. The van der Waals surface area contributed by atoms with Gasteiger partial charge in [0.05, 0.1) is 11.5 Å². The van der Waals surface area contributed by atoms with Crippen LogP contribution in [0.2, 0.25) is 0 Å². The predicted molar refractivity (Wildman–Crippen MR) is 103 cm³/mol. The molecule has 1 aromatic carbocycles. The van der Waals surface area contributed by atoms with Gasteiger partial charge < -0.3 is 11.1 Å². The molecule has 1 heterocycles. The molecule has 0 saturated carbocycles. The number of hydrogen-bond acceptors (Lipinski definition) is 3. The van der Waals surface area contributed by atoms with Crippen LogP contribution in [-0.2, 0) is 9.84 Å². The van der Waals surface area contributed by atoms with Gasteiger partial charge in [0.25, 0.3) is 0 Å². The summed E-state index contributed by atoms with van der Waals surface area (Å²) < 4.78 is 22.7. The average Bonchev–Trinajstić information content (AvgIpc) is 2.36. The van der Waals surface area contributed by atoms with Crippen molar-refractivity contribution < 1.29 is 8.42 Å². The summed E-state index contributed by atoms with van der Waals surface area (Å²) in [5, 5.41) is 3.09. The number of nitrogens with one attached hydrogen (secondary N) is 1. The minimum Gasteiger partial charge on any atom is -0.370 e. The third-order valence-corrected chi connectivity index (χ3v) is 5.40. The maximum absolute atomic E-state index is 11.4. The van der Waals surface area contributed by atoms with Crippen LogP contribution < -0.4 is 11.1 Å². The number of halogens is 1. The van der Waals surface area contributed by atoms with Gasteiger partial charge in [-0.1, -0.05) is 6.07 Å². The molecular formula is C15H24IN3O2S. The van der Waals surface area contributed by atoms with E-state index in [0.29, 0.717) is 31.3 Å². The van der Waals surface area contributed by atoms with Crippen LogP contribution in [0, 0.1) is 19.8 Å². The van der Waals surface area contributed by atoms with E-state index in [9.17, 15) is 8.42 Å². The molecule has 0 spiro atoms. The first kappa shape index (κ1) is 19.2. The highest BCUT2D eigenvalue weighted by Crippen LogP contribution is 2.19. The Kier molecular flexibility index (Phi) is 7.11. The first-order valence-corrected chi connectivity index (χ1v) is 9.02. The highest BCUT2D eigenvalue weighted by Gasteiger charge is 2.23. The second kappa shape index (κ2) is 8.14. The molecular weight excluding hydrogens is 413 g/mol. The van der Waals surface area contributed by atoms with Crippen LogP contribution in [0.3, 0.4) is 0 Å². The van der Waals surface area contributed by atoms with Gasteiger partial charge in [0.1, 0.15) is 9.84 Å². The molecule has 0 bridgehead atoms. The van der Waals surface area contributed by atoms with E-state index < -0.39 is 9.84 Å². The molecule has 7 heteroatoms. The minimum absolute atomic E-state index is 0. The molecule has 0 aliphatic carbocycles. The molecule has 2 rings (SSSR count). The Morgan fingerprint density at radius 2 is 1.77 bits per heavy atom. The van der Waals surface area contributed by atoms with Gasteiger partial charge in [0, 0.05) is 12.2 Å². The second-order valence-electron chi connectivity index (χ2n) is 5.82. The zero-order valence-corrected chi connectivity index (χ0v) is 16.1. The van der Waals surface area contributed by atoms with Crippen molar-refractivity contribution in [1.82, 2.24) is 0 Å². The van der Waals surface area contributed by atoms with E-state index >= 15 is 0 Å². The van der Waals surface area contributed by atoms with Crippen LogP contribution in [-0.4, -0.2) is 32.4 Å². The van der Waals surface area contributed by atoms with Gasteiger partial charge in [-0.05, 0) is 55.9 Å². The molecule has 5 nitrogen and oxygen atoms in total. The van der Waals surface area contributed by atoms with E-state index in [4.69, 9.17) is 5.73 Å². The van der Waals surface area contributed by atoms with E-state index in [1.54, 1.807) is 0 Å². The molecule has 0 aromatic heterocycles. The number of benzene rings is 1. The number of sulfone groups is 1. The predicted octanol–water partition coefficient (Wildman–Crippen LogP) is 2.47. The summed E-state index contributed by atoms with van der Waals surface area (Å²) in [7, 11) is -2.81. The quantitative estimate of drug-likeness (QED) is 0.432. The molecule has 1 aromatic rings. The van der Waals surface area contributed by atoms with Gasteiger partial charge in [0.15, 0.2) is 5.96 Å². The van der Waals surface area contributed by atoms with Crippen LogP contribution in [0.5, 0.6) is 0 Å². The van der Waals surface area contributed by atoms with E-state index in [0.717, 1.165) is 5.69 Å². The Labute approximate surface area is 149 Å². The molecule has 0 amide bonds. The van der Waals surface area contributed by atoms with Crippen molar-refractivity contribution in [2.75, 3.05) is 23.4 Å². The van der Waals surface area contributed by atoms with Crippen molar-refractivity contribution in [1.29, 1.82) is 0 Å². The normalized spacial score (nSPS) is 18.5. The number of aliphatic imine (C=N–C) groups is 1. The van der Waals surface area contributed by atoms with Gasteiger partial charge >= 0.3 is 0 Å². The molecule has 0 atom stereocenters. The van der Waals surface area contributed by atoms with Crippen molar-refractivity contribution in [3.8, 4) is 0 Å². The Bertz CT molecular complexity index is 610. The fourth-order valence-electron chi connectivity index (χ4n) is 2.58. The SMILES string of the molecule is Cc1cc(C)cc(NC(N)=NCC2CCS(=O)(=O)CC2)c1.I. The summed E-state index contributed by atoms with van der Waals surface area (Å²) in [5.41, 5.74) is 9.17. The van der Waals surface area contributed by atoms with Crippen molar-refractivity contribution in [2.24, 2.45) is 16.6 Å². The van der Waals surface area contributed by atoms with Gasteiger partial charge in [-0.2, -0.15) is 0 Å². The summed E-state index contributed by atoms with van der Waals surface area (Å²) >= 11 is 0. The monoisotopic (exact) mass is 437 g/mol. The van der Waals surface area contributed by atoms with E-state index in [2.05, 4.69) is 16.4 Å². The number of rotatable bonds is 3. The van der Waals surface area contributed by atoms with Crippen molar-refractivity contribution in [3.05, 3.63) is 29.3 Å². The number of hydrogen-bond donors (Lipinski definition) is 2. The molecule has 1 fully saturated rings. The molecule has 3 N–H and O–H groups in total. The summed E-state index contributed by atoms with van der Waals surface area (Å²) in [6.07, 6.45) is 1.37. The van der Waals surface area contributed by atoms with Gasteiger partial charge in [-0.3, -0.25) is 4.99 Å². The van der Waals surface area contributed by atoms with Gasteiger partial charge in [-0.25, -0.2) is 8.42 Å². The van der Waals surface area contributed by atoms with E-state index in [1.807, 2.05) is 26.0 Å². The largest absolute Gasteiger partial charge is 0.370 e. The maximum atomic E-state index is 11.4. The molecule has 1 aliphatic heterocycles. The van der Waals surface area contributed by atoms with Crippen molar-refractivity contribution in [2.45, 2.75) is 26.7 Å². The van der Waals surface area contributed by atoms with Crippen molar-refractivity contribution >= 4 is 45.5 Å². The number of anilines is 1. The summed E-state index contributed by atoms with van der Waals surface area (Å²) in [6.45, 7) is 4.65. The topological polar surface area (TPSA) is 84.5 Å². The number of nitrogens with two attached hydrogens (primary N) is 1. The number of aryl methyl sites for hydroxylation is 2. The number of guanidine groups is 1. The van der Waals surface area contributed by atoms with Crippen LogP contribution in [0.4, 0.5) is 5.69 Å². The van der Waals surface area contributed by atoms with Crippen LogP contribution >= 0.6 is 24.0 Å². The third kappa shape index (κ3) is 6.12. The lowest BCUT2D eigenvalue weighted by Crippen LogP contribution is -2.27. The molecule has 1 aliphatic rings. The molecule has 0 radical (unpaired) electrons. The number of nitrogens with zero attached hydrogens (tertiary/aromatic N) is 1. The lowest BCUT2D eigenvalue weighted by molar-refractivity contribution is 0.475. The van der Waals surface area contributed by atoms with Crippen molar-refractivity contribution in [3.63, 3.8) is 0 Å².